The van der Waals surface area contributed by atoms with E-state index >= 15 is 0 Å². The minimum absolute atomic E-state index is 0.0156. The zero-order valence-electron chi connectivity index (χ0n) is 12.1. The largest absolute Gasteiger partial charge is 0.385 e. The fraction of sp³-hybridized carbons (Fsp3) is 0.692. The van der Waals surface area contributed by atoms with Crippen molar-refractivity contribution in [1.29, 1.82) is 0 Å². The quantitative estimate of drug-likeness (QED) is 0.712. The maximum absolute atomic E-state index is 11.6. The van der Waals surface area contributed by atoms with Gasteiger partial charge in [0.1, 0.15) is 0 Å². The highest BCUT2D eigenvalue weighted by atomic mass is 32.1. The van der Waals surface area contributed by atoms with Crippen LogP contribution >= 0.6 is 11.3 Å². The smallest absolute Gasteiger partial charge is 0.233 e. The van der Waals surface area contributed by atoms with Gasteiger partial charge in [-0.3, -0.25) is 4.79 Å². The molecule has 6 heteroatoms. The lowest BCUT2D eigenvalue weighted by atomic mass is 10.2. The maximum Gasteiger partial charge on any atom is 0.233 e. The van der Waals surface area contributed by atoms with Crippen LogP contribution in [0.3, 0.4) is 0 Å². The van der Waals surface area contributed by atoms with E-state index in [-0.39, 0.29) is 11.9 Å². The van der Waals surface area contributed by atoms with Crippen LogP contribution in [0.2, 0.25) is 0 Å². The number of ether oxygens (including phenoxy) is 1. The lowest BCUT2D eigenvalue weighted by molar-refractivity contribution is -0.120. The highest BCUT2D eigenvalue weighted by Gasteiger charge is 2.13. The van der Waals surface area contributed by atoms with E-state index in [0.29, 0.717) is 19.7 Å². The van der Waals surface area contributed by atoms with Gasteiger partial charge in [-0.2, -0.15) is 0 Å². The fourth-order valence-corrected chi connectivity index (χ4v) is 2.75. The molecule has 0 fully saturated rings. The van der Waals surface area contributed by atoms with E-state index in [0.717, 1.165) is 17.1 Å². The minimum Gasteiger partial charge on any atom is -0.385 e. The molecule has 0 radical (unpaired) electrons. The first-order valence-electron chi connectivity index (χ1n) is 6.47. The highest BCUT2D eigenvalue weighted by molar-refractivity contribution is 7.11. The summed E-state index contributed by atoms with van der Waals surface area (Å²) in [5, 5.41) is 7.13. The SMILES string of the molecule is COCCCNC(=O)CNC(C)c1sc(C)nc1C. The van der Waals surface area contributed by atoms with Crippen molar-refractivity contribution in [2.75, 3.05) is 26.8 Å². The molecule has 0 saturated carbocycles. The van der Waals surface area contributed by atoms with Crippen LogP contribution in [0.1, 0.15) is 35.0 Å². The average Bonchev–Trinajstić information content (AvgIpc) is 2.71. The number of carbonyl (C=O) groups excluding carboxylic acids is 1. The molecule has 108 valence electrons. The third kappa shape index (κ3) is 5.67. The zero-order chi connectivity index (χ0) is 14.3. The summed E-state index contributed by atoms with van der Waals surface area (Å²) in [6.07, 6.45) is 0.838. The molecule has 0 aliphatic heterocycles. The molecule has 1 aromatic rings. The van der Waals surface area contributed by atoms with Crippen molar-refractivity contribution in [3.63, 3.8) is 0 Å². The normalized spacial score (nSPS) is 12.4. The molecular weight excluding hydrogens is 262 g/mol. The lowest BCUT2D eigenvalue weighted by Gasteiger charge is -2.12. The van der Waals surface area contributed by atoms with Crippen molar-refractivity contribution >= 4 is 17.2 Å². The Hall–Kier alpha value is -0.980. The number of aryl methyl sites for hydroxylation is 2. The fourth-order valence-electron chi connectivity index (χ4n) is 1.79. The second kappa shape index (κ2) is 8.24. The molecule has 0 aliphatic carbocycles. The van der Waals surface area contributed by atoms with E-state index < -0.39 is 0 Å². The van der Waals surface area contributed by atoms with Crippen LogP contribution in [-0.2, 0) is 9.53 Å². The van der Waals surface area contributed by atoms with E-state index in [9.17, 15) is 4.79 Å². The Morgan fingerprint density at radius 1 is 1.47 bits per heavy atom. The van der Waals surface area contributed by atoms with Gasteiger partial charge in [0.15, 0.2) is 0 Å². The van der Waals surface area contributed by atoms with Gasteiger partial charge in [0, 0.05) is 31.2 Å². The number of hydrogen-bond donors (Lipinski definition) is 2. The summed E-state index contributed by atoms with van der Waals surface area (Å²) >= 11 is 1.68. The molecule has 0 aliphatic rings. The molecule has 1 amide bonds. The van der Waals surface area contributed by atoms with Crippen LogP contribution in [0.25, 0.3) is 0 Å². The molecule has 0 saturated heterocycles. The van der Waals surface area contributed by atoms with Gasteiger partial charge in [-0.1, -0.05) is 0 Å². The summed E-state index contributed by atoms with van der Waals surface area (Å²) in [5.74, 6) is 0.0156. The van der Waals surface area contributed by atoms with Gasteiger partial charge in [-0.15, -0.1) is 11.3 Å². The Bertz CT molecular complexity index is 407. The van der Waals surface area contributed by atoms with Crippen molar-refractivity contribution in [3.8, 4) is 0 Å². The number of carbonyl (C=O) groups is 1. The van der Waals surface area contributed by atoms with Crippen LogP contribution in [-0.4, -0.2) is 37.7 Å². The first-order valence-corrected chi connectivity index (χ1v) is 7.29. The van der Waals surface area contributed by atoms with Crippen LogP contribution in [0.5, 0.6) is 0 Å². The first kappa shape index (κ1) is 16.1. The molecule has 2 N–H and O–H groups in total. The van der Waals surface area contributed by atoms with E-state index in [2.05, 4.69) is 22.5 Å². The van der Waals surface area contributed by atoms with E-state index in [1.54, 1.807) is 18.4 Å². The van der Waals surface area contributed by atoms with Crippen LogP contribution in [0.15, 0.2) is 0 Å². The number of aromatic nitrogens is 1. The summed E-state index contributed by atoms with van der Waals surface area (Å²) in [6, 6.07) is 0.149. The second-order valence-electron chi connectivity index (χ2n) is 4.48. The van der Waals surface area contributed by atoms with Gasteiger partial charge in [0.25, 0.3) is 0 Å². The molecule has 19 heavy (non-hydrogen) atoms. The highest BCUT2D eigenvalue weighted by Crippen LogP contribution is 2.23. The molecule has 0 bridgehead atoms. The van der Waals surface area contributed by atoms with Gasteiger partial charge in [0.2, 0.25) is 5.91 Å². The Balaban J connectivity index is 2.28. The summed E-state index contributed by atoms with van der Waals surface area (Å²) in [4.78, 5) is 17.2. The van der Waals surface area contributed by atoms with E-state index in [1.807, 2.05) is 13.8 Å². The standard InChI is InChI=1S/C13H23N3O2S/c1-9(13-10(2)16-11(3)19-13)15-8-12(17)14-6-5-7-18-4/h9,15H,5-8H2,1-4H3,(H,14,17). The molecule has 0 aromatic carbocycles. The summed E-state index contributed by atoms with van der Waals surface area (Å²) in [5.41, 5.74) is 1.04. The van der Waals surface area contributed by atoms with Gasteiger partial charge < -0.3 is 15.4 Å². The van der Waals surface area contributed by atoms with Crippen molar-refractivity contribution in [2.24, 2.45) is 0 Å². The van der Waals surface area contributed by atoms with Gasteiger partial charge in [-0.25, -0.2) is 4.98 Å². The average molecular weight is 285 g/mol. The number of rotatable bonds is 8. The van der Waals surface area contributed by atoms with Gasteiger partial charge in [0.05, 0.1) is 17.2 Å². The number of hydrogen-bond acceptors (Lipinski definition) is 5. The number of thiazole rings is 1. The summed E-state index contributed by atoms with van der Waals surface area (Å²) < 4.78 is 4.92. The predicted octanol–water partition coefficient (Wildman–Crippen LogP) is 1.56. The lowest BCUT2D eigenvalue weighted by Crippen LogP contribution is -2.35. The molecule has 0 spiro atoms. The summed E-state index contributed by atoms with van der Waals surface area (Å²) in [6.45, 7) is 7.70. The number of nitrogens with one attached hydrogen (secondary N) is 2. The van der Waals surface area contributed by atoms with Gasteiger partial charge in [-0.05, 0) is 27.2 Å². The number of methoxy groups -OCH3 is 1. The van der Waals surface area contributed by atoms with Crippen LogP contribution < -0.4 is 10.6 Å². The maximum atomic E-state index is 11.6. The Kier molecular flexibility index (Phi) is 6.97. The van der Waals surface area contributed by atoms with Crippen molar-refractivity contribution in [1.82, 2.24) is 15.6 Å². The third-order valence-corrected chi connectivity index (χ3v) is 4.00. The molecule has 1 heterocycles. The van der Waals surface area contributed by atoms with E-state index in [4.69, 9.17) is 4.74 Å². The van der Waals surface area contributed by atoms with Crippen molar-refractivity contribution < 1.29 is 9.53 Å². The minimum atomic E-state index is 0.0156. The number of nitrogens with zero attached hydrogens (tertiary/aromatic N) is 1. The Labute approximate surface area is 118 Å². The van der Waals surface area contributed by atoms with Crippen LogP contribution in [0, 0.1) is 13.8 Å². The van der Waals surface area contributed by atoms with Crippen molar-refractivity contribution in [2.45, 2.75) is 33.2 Å². The van der Waals surface area contributed by atoms with Crippen LogP contribution in [0.4, 0.5) is 0 Å². The molecule has 1 aromatic heterocycles. The Morgan fingerprint density at radius 3 is 2.79 bits per heavy atom. The van der Waals surface area contributed by atoms with Crippen molar-refractivity contribution in [3.05, 3.63) is 15.6 Å². The molecule has 5 nitrogen and oxygen atoms in total. The molecular formula is C13H23N3O2S. The predicted molar refractivity (Wildman–Crippen MR) is 77.5 cm³/mol. The number of amides is 1. The Morgan fingerprint density at radius 2 is 2.21 bits per heavy atom. The third-order valence-electron chi connectivity index (χ3n) is 2.75. The zero-order valence-corrected chi connectivity index (χ0v) is 12.9. The topological polar surface area (TPSA) is 63.2 Å². The monoisotopic (exact) mass is 285 g/mol. The molecule has 1 rings (SSSR count). The van der Waals surface area contributed by atoms with E-state index in [1.165, 1.54) is 4.88 Å². The second-order valence-corrected chi connectivity index (χ2v) is 5.72. The molecule has 1 atom stereocenters. The first-order chi connectivity index (χ1) is 9.04. The summed E-state index contributed by atoms with van der Waals surface area (Å²) in [7, 11) is 1.66. The molecule has 1 unspecified atom stereocenters. The van der Waals surface area contributed by atoms with Gasteiger partial charge >= 0.3 is 0 Å².